The Morgan fingerprint density at radius 1 is 1.12 bits per heavy atom. The summed E-state index contributed by atoms with van der Waals surface area (Å²) in [6.45, 7) is 1.90. The van der Waals surface area contributed by atoms with Gasteiger partial charge in [0.25, 0.3) is 5.22 Å². The predicted octanol–water partition coefficient (Wildman–Crippen LogP) is 3.62. The van der Waals surface area contributed by atoms with E-state index >= 15 is 0 Å². The molecule has 178 valence electrons. The lowest BCUT2D eigenvalue weighted by Gasteiger charge is -2.13. The number of amides is 1. The van der Waals surface area contributed by atoms with Crippen molar-refractivity contribution in [3.05, 3.63) is 42.2 Å². The van der Waals surface area contributed by atoms with Crippen molar-refractivity contribution in [3.8, 4) is 28.7 Å². The zero-order valence-electron chi connectivity index (χ0n) is 19.5. The van der Waals surface area contributed by atoms with Gasteiger partial charge >= 0.3 is 0 Å². The summed E-state index contributed by atoms with van der Waals surface area (Å²) in [5.41, 5.74) is 2.51. The van der Waals surface area contributed by atoms with Crippen LogP contribution >= 0.6 is 11.8 Å². The van der Waals surface area contributed by atoms with Crippen LogP contribution in [0.4, 0.5) is 0 Å². The SMILES string of the molecule is COc1cc(-c2nnc(SCC(=O)NC(C)c3nc4ccccc4n3C)o2)cc(OC)c1OC. The fourth-order valence-electron chi connectivity index (χ4n) is 3.62. The highest BCUT2D eigenvalue weighted by atomic mass is 32.2. The van der Waals surface area contributed by atoms with Crippen molar-refractivity contribution in [2.45, 2.75) is 18.2 Å². The first-order valence-corrected chi connectivity index (χ1v) is 11.4. The molecule has 4 rings (SSSR count). The standard InChI is InChI=1S/C23H25N5O5S/c1-13(21-25-15-8-6-7-9-16(15)28(21)2)24-19(29)12-34-23-27-26-22(33-23)14-10-17(30-3)20(32-5)18(11-14)31-4/h6-11,13H,12H2,1-5H3,(H,24,29). The second-order valence-electron chi connectivity index (χ2n) is 7.38. The molecule has 11 heteroatoms. The van der Waals surface area contributed by atoms with E-state index in [2.05, 4.69) is 20.5 Å². The maximum absolute atomic E-state index is 12.5. The normalized spacial score (nSPS) is 11.9. The number of hydrogen-bond donors (Lipinski definition) is 1. The molecule has 1 amide bonds. The van der Waals surface area contributed by atoms with Crippen molar-refractivity contribution < 1.29 is 23.4 Å². The fourth-order valence-corrected chi connectivity index (χ4v) is 4.19. The van der Waals surface area contributed by atoms with Crippen LogP contribution in [0.2, 0.25) is 0 Å². The van der Waals surface area contributed by atoms with Crippen LogP contribution in [0.25, 0.3) is 22.5 Å². The number of fused-ring (bicyclic) bond motifs is 1. The third kappa shape index (κ3) is 4.65. The van der Waals surface area contributed by atoms with Gasteiger partial charge in [-0.05, 0) is 31.2 Å². The number of nitrogens with zero attached hydrogens (tertiary/aromatic N) is 4. The Morgan fingerprint density at radius 2 is 1.82 bits per heavy atom. The number of carbonyl (C=O) groups excluding carboxylic acids is 1. The summed E-state index contributed by atoms with van der Waals surface area (Å²) in [6.07, 6.45) is 0. The molecule has 2 aromatic heterocycles. The van der Waals surface area contributed by atoms with Gasteiger partial charge in [0, 0.05) is 12.6 Å². The van der Waals surface area contributed by atoms with Crippen LogP contribution in [-0.4, -0.2) is 52.7 Å². The second kappa shape index (κ2) is 10.0. The smallest absolute Gasteiger partial charge is 0.277 e. The topological polar surface area (TPSA) is 114 Å². The predicted molar refractivity (Wildman–Crippen MR) is 127 cm³/mol. The molecule has 0 spiro atoms. The molecule has 0 aliphatic carbocycles. The Kier molecular flexibility index (Phi) is 6.92. The van der Waals surface area contributed by atoms with E-state index in [0.29, 0.717) is 22.8 Å². The minimum absolute atomic E-state index is 0.116. The lowest BCUT2D eigenvalue weighted by atomic mass is 10.2. The van der Waals surface area contributed by atoms with Crippen LogP contribution in [0.1, 0.15) is 18.8 Å². The fraction of sp³-hybridized carbons (Fsp3) is 0.304. The summed E-state index contributed by atoms with van der Waals surface area (Å²) in [6, 6.07) is 11.0. The van der Waals surface area contributed by atoms with Gasteiger partial charge in [-0.1, -0.05) is 23.9 Å². The van der Waals surface area contributed by atoms with Crippen LogP contribution in [0.3, 0.4) is 0 Å². The number of hydrogen-bond acceptors (Lipinski definition) is 9. The molecular formula is C23H25N5O5S. The molecule has 1 atom stereocenters. The van der Waals surface area contributed by atoms with Crippen molar-refractivity contribution in [1.29, 1.82) is 0 Å². The van der Waals surface area contributed by atoms with Crippen LogP contribution in [0.15, 0.2) is 46.0 Å². The number of aromatic nitrogens is 4. The van der Waals surface area contributed by atoms with E-state index < -0.39 is 0 Å². The average Bonchev–Trinajstić information content (AvgIpc) is 3.46. The number of ether oxygens (including phenoxy) is 3. The van der Waals surface area contributed by atoms with Crippen molar-refractivity contribution in [2.24, 2.45) is 7.05 Å². The molecule has 0 aliphatic rings. The van der Waals surface area contributed by atoms with Gasteiger partial charge in [0.2, 0.25) is 17.5 Å². The molecule has 10 nitrogen and oxygen atoms in total. The highest BCUT2D eigenvalue weighted by Crippen LogP contribution is 2.41. The van der Waals surface area contributed by atoms with E-state index in [1.165, 1.54) is 21.3 Å². The van der Waals surface area contributed by atoms with E-state index in [4.69, 9.17) is 18.6 Å². The van der Waals surface area contributed by atoms with Gasteiger partial charge < -0.3 is 28.5 Å². The van der Waals surface area contributed by atoms with Crippen LogP contribution < -0.4 is 19.5 Å². The van der Waals surface area contributed by atoms with Crippen LogP contribution in [-0.2, 0) is 11.8 Å². The highest BCUT2D eigenvalue weighted by molar-refractivity contribution is 7.99. The van der Waals surface area contributed by atoms with Crippen molar-refractivity contribution in [3.63, 3.8) is 0 Å². The van der Waals surface area contributed by atoms with E-state index in [1.807, 2.05) is 42.8 Å². The first-order chi connectivity index (χ1) is 16.4. The van der Waals surface area contributed by atoms with E-state index in [1.54, 1.807) is 12.1 Å². The van der Waals surface area contributed by atoms with Gasteiger partial charge in [-0.3, -0.25) is 4.79 Å². The summed E-state index contributed by atoms with van der Waals surface area (Å²) in [4.78, 5) is 17.2. The molecule has 4 aromatic rings. The Morgan fingerprint density at radius 3 is 2.47 bits per heavy atom. The summed E-state index contributed by atoms with van der Waals surface area (Å²) in [7, 11) is 6.53. The minimum atomic E-state index is -0.261. The maximum Gasteiger partial charge on any atom is 0.277 e. The zero-order valence-corrected chi connectivity index (χ0v) is 20.3. The summed E-state index contributed by atoms with van der Waals surface area (Å²) >= 11 is 1.15. The van der Waals surface area contributed by atoms with E-state index in [0.717, 1.165) is 28.6 Å². The van der Waals surface area contributed by atoms with Crippen molar-refractivity contribution in [2.75, 3.05) is 27.1 Å². The third-order valence-corrected chi connectivity index (χ3v) is 6.05. The number of benzene rings is 2. The third-order valence-electron chi connectivity index (χ3n) is 5.23. The molecule has 0 aliphatic heterocycles. The van der Waals surface area contributed by atoms with Gasteiger partial charge in [0.05, 0.1) is 44.2 Å². The number of thioether (sulfide) groups is 1. The molecule has 1 N–H and O–H groups in total. The average molecular weight is 484 g/mol. The number of imidazole rings is 1. The Labute approximate surface area is 200 Å². The molecule has 0 saturated heterocycles. The lowest BCUT2D eigenvalue weighted by Crippen LogP contribution is -2.29. The molecule has 0 fully saturated rings. The molecule has 34 heavy (non-hydrogen) atoms. The van der Waals surface area contributed by atoms with Gasteiger partial charge in [0.15, 0.2) is 11.5 Å². The molecule has 0 saturated carbocycles. The van der Waals surface area contributed by atoms with E-state index in [9.17, 15) is 4.79 Å². The number of rotatable bonds is 9. The van der Waals surface area contributed by atoms with Crippen LogP contribution in [0, 0.1) is 0 Å². The van der Waals surface area contributed by atoms with Crippen LogP contribution in [0.5, 0.6) is 17.2 Å². The largest absolute Gasteiger partial charge is 0.493 e. The Hall–Kier alpha value is -3.73. The maximum atomic E-state index is 12.5. The van der Waals surface area contributed by atoms with Crippen molar-refractivity contribution >= 4 is 28.7 Å². The monoisotopic (exact) mass is 483 g/mol. The first-order valence-electron chi connectivity index (χ1n) is 10.4. The summed E-state index contributed by atoms with van der Waals surface area (Å²) in [5, 5.41) is 11.4. The zero-order chi connectivity index (χ0) is 24.2. The number of aryl methyl sites for hydroxylation is 1. The highest BCUT2D eigenvalue weighted by Gasteiger charge is 2.20. The first kappa shape index (κ1) is 23.4. The van der Waals surface area contributed by atoms with Gasteiger partial charge in [-0.25, -0.2) is 4.98 Å². The molecule has 2 heterocycles. The molecular weight excluding hydrogens is 458 g/mol. The summed E-state index contributed by atoms with van der Waals surface area (Å²) < 4.78 is 23.8. The number of carbonyl (C=O) groups is 1. The Bertz CT molecular complexity index is 1290. The second-order valence-corrected chi connectivity index (χ2v) is 8.31. The van der Waals surface area contributed by atoms with Crippen molar-refractivity contribution in [1.82, 2.24) is 25.1 Å². The van der Waals surface area contributed by atoms with E-state index in [-0.39, 0.29) is 28.8 Å². The molecule has 0 radical (unpaired) electrons. The summed E-state index contributed by atoms with van der Waals surface area (Å²) in [5.74, 6) is 2.41. The number of nitrogens with one attached hydrogen (secondary N) is 1. The molecule has 2 aromatic carbocycles. The quantitative estimate of drug-likeness (QED) is 0.357. The van der Waals surface area contributed by atoms with Gasteiger partial charge in [0.1, 0.15) is 5.82 Å². The number of para-hydroxylation sites is 2. The molecule has 0 bridgehead atoms. The number of methoxy groups -OCH3 is 3. The van der Waals surface area contributed by atoms with Gasteiger partial charge in [-0.2, -0.15) is 0 Å². The molecule has 1 unspecified atom stereocenters. The van der Waals surface area contributed by atoms with Gasteiger partial charge in [-0.15, -0.1) is 10.2 Å². The minimum Gasteiger partial charge on any atom is -0.493 e. The lowest BCUT2D eigenvalue weighted by molar-refractivity contribution is -0.119. The Balaban J connectivity index is 1.41.